The van der Waals surface area contributed by atoms with Crippen molar-refractivity contribution in [3.63, 3.8) is 0 Å². The zero-order chi connectivity index (χ0) is 16.4. The fraction of sp³-hybridized carbons (Fsp3) is 0.429. The maximum Gasteiger partial charge on any atom is 0.534 e. The molecule has 0 N–H and O–H groups in total. The van der Waals surface area contributed by atoms with Gasteiger partial charge in [-0.2, -0.15) is 21.6 Å². The molecule has 0 aliphatic heterocycles. The van der Waals surface area contributed by atoms with E-state index >= 15 is 0 Å². The lowest BCUT2D eigenvalue weighted by Gasteiger charge is -2.11. The summed E-state index contributed by atoms with van der Waals surface area (Å²) in [5.74, 6) is -0.439. The van der Waals surface area contributed by atoms with E-state index in [-0.39, 0.29) is 5.58 Å². The fourth-order valence-corrected chi connectivity index (χ4v) is 2.51. The van der Waals surface area contributed by atoms with Gasteiger partial charge in [-0.25, -0.2) is 0 Å². The fourth-order valence-electron chi connectivity index (χ4n) is 2.06. The van der Waals surface area contributed by atoms with Gasteiger partial charge in [0.05, 0.1) is 6.26 Å². The van der Waals surface area contributed by atoms with E-state index in [2.05, 4.69) is 4.18 Å². The summed E-state index contributed by atoms with van der Waals surface area (Å²) in [4.78, 5) is 0. The van der Waals surface area contributed by atoms with Crippen LogP contribution in [0.1, 0.15) is 31.7 Å². The zero-order valence-corrected chi connectivity index (χ0v) is 12.6. The molecule has 0 bridgehead atoms. The van der Waals surface area contributed by atoms with Crippen LogP contribution in [0.5, 0.6) is 5.75 Å². The van der Waals surface area contributed by atoms with Gasteiger partial charge in [-0.3, -0.25) is 0 Å². The molecule has 1 aromatic carbocycles. The minimum atomic E-state index is -5.72. The van der Waals surface area contributed by atoms with Crippen molar-refractivity contribution >= 4 is 21.1 Å². The van der Waals surface area contributed by atoms with Gasteiger partial charge >= 0.3 is 15.6 Å². The maximum absolute atomic E-state index is 12.5. The van der Waals surface area contributed by atoms with Crippen molar-refractivity contribution in [1.82, 2.24) is 0 Å². The molecule has 0 amide bonds. The average Bonchev–Trinajstić information content (AvgIpc) is 2.86. The minimum Gasteiger partial charge on any atom is -0.460 e. The Labute approximate surface area is 126 Å². The van der Waals surface area contributed by atoms with E-state index in [0.717, 1.165) is 19.3 Å². The lowest BCUT2D eigenvalue weighted by Crippen LogP contribution is -2.28. The average molecular weight is 336 g/mol. The molecule has 4 nitrogen and oxygen atoms in total. The summed E-state index contributed by atoms with van der Waals surface area (Å²) in [6.45, 7) is 2.03. The summed E-state index contributed by atoms with van der Waals surface area (Å²) in [6.07, 6.45) is 4.72. The molecular formula is C14H15F3O4S. The molecule has 2 rings (SSSR count). The van der Waals surface area contributed by atoms with Gasteiger partial charge in [-0.05, 0) is 36.6 Å². The van der Waals surface area contributed by atoms with Crippen LogP contribution in [0.3, 0.4) is 0 Å². The zero-order valence-electron chi connectivity index (χ0n) is 11.8. The largest absolute Gasteiger partial charge is 0.534 e. The van der Waals surface area contributed by atoms with E-state index in [1.807, 2.05) is 6.92 Å². The number of furan rings is 1. The Balaban J connectivity index is 2.37. The Bertz CT molecular complexity index is 747. The second-order valence-corrected chi connectivity index (χ2v) is 6.41. The Morgan fingerprint density at radius 2 is 1.95 bits per heavy atom. The third-order valence-electron chi connectivity index (χ3n) is 3.13. The van der Waals surface area contributed by atoms with Gasteiger partial charge in [0.1, 0.15) is 0 Å². The van der Waals surface area contributed by atoms with E-state index in [0.29, 0.717) is 17.4 Å². The monoisotopic (exact) mass is 336 g/mol. The van der Waals surface area contributed by atoms with Crippen molar-refractivity contribution in [2.24, 2.45) is 0 Å². The number of alkyl halides is 3. The normalized spacial score (nSPS) is 12.7. The molecule has 0 fully saturated rings. The topological polar surface area (TPSA) is 56.5 Å². The summed E-state index contributed by atoms with van der Waals surface area (Å²) >= 11 is 0. The SMILES string of the molecule is CCCCCc1cc(OS(=O)(=O)C(F)(F)F)c2occc2c1. The van der Waals surface area contributed by atoms with E-state index in [9.17, 15) is 21.6 Å². The molecule has 1 heterocycles. The molecule has 0 unspecified atom stereocenters. The Hall–Kier alpha value is -1.70. The molecule has 0 saturated heterocycles. The standard InChI is InChI=1S/C14H15F3O4S/c1-2-3-4-5-10-8-11-6-7-20-13(11)12(9-10)21-22(18,19)14(15,16)17/h6-9H,2-5H2,1H3. The van der Waals surface area contributed by atoms with Gasteiger partial charge in [0, 0.05) is 5.39 Å². The van der Waals surface area contributed by atoms with Crippen molar-refractivity contribution in [3.8, 4) is 5.75 Å². The van der Waals surface area contributed by atoms with Crippen LogP contribution < -0.4 is 4.18 Å². The van der Waals surface area contributed by atoms with Gasteiger partial charge in [0.25, 0.3) is 0 Å². The first kappa shape index (κ1) is 16.7. The highest BCUT2D eigenvalue weighted by atomic mass is 32.2. The van der Waals surface area contributed by atoms with Gasteiger partial charge < -0.3 is 8.60 Å². The van der Waals surface area contributed by atoms with Gasteiger partial charge in [0.2, 0.25) is 0 Å². The van der Waals surface area contributed by atoms with Crippen LogP contribution in [0.2, 0.25) is 0 Å². The lowest BCUT2D eigenvalue weighted by atomic mass is 10.1. The van der Waals surface area contributed by atoms with Crippen molar-refractivity contribution in [3.05, 3.63) is 30.0 Å². The number of benzene rings is 1. The summed E-state index contributed by atoms with van der Waals surface area (Å²) in [6, 6.07) is 4.58. The number of rotatable bonds is 6. The first-order valence-electron chi connectivity index (χ1n) is 6.75. The number of unbranched alkanes of at least 4 members (excludes halogenated alkanes) is 2. The van der Waals surface area contributed by atoms with Crippen LogP contribution in [-0.4, -0.2) is 13.9 Å². The van der Waals surface area contributed by atoms with Gasteiger partial charge in [-0.15, -0.1) is 0 Å². The van der Waals surface area contributed by atoms with Crippen LogP contribution in [0.25, 0.3) is 11.0 Å². The second-order valence-electron chi connectivity index (χ2n) is 4.87. The molecule has 22 heavy (non-hydrogen) atoms. The van der Waals surface area contributed by atoms with Crippen molar-refractivity contribution in [1.29, 1.82) is 0 Å². The van der Waals surface area contributed by atoms with E-state index in [1.165, 1.54) is 12.3 Å². The first-order chi connectivity index (χ1) is 10.2. The van der Waals surface area contributed by atoms with E-state index in [4.69, 9.17) is 4.42 Å². The van der Waals surface area contributed by atoms with Crippen LogP contribution in [0.4, 0.5) is 13.2 Å². The van der Waals surface area contributed by atoms with Gasteiger partial charge in [-0.1, -0.05) is 19.8 Å². The smallest absolute Gasteiger partial charge is 0.460 e. The third kappa shape index (κ3) is 3.55. The number of halogens is 3. The van der Waals surface area contributed by atoms with E-state index < -0.39 is 21.4 Å². The van der Waals surface area contributed by atoms with Crippen molar-refractivity contribution < 1.29 is 30.2 Å². The summed E-state index contributed by atoms with van der Waals surface area (Å²) < 4.78 is 69.0. The Morgan fingerprint density at radius 3 is 2.59 bits per heavy atom. The third-order valence-corrected chi connectivity index (χ3v) is 4.09. The highest BCUT2D eigenvalue weighted by Crippen LogP contribution is 2.33. The molecule has 0 aliphatic rings. The molecule has 0 saturated carbocycles. The highest BCUT2D eigenvalue weighted by Gasteiger charge is 2.48. The molecule has 1 aromatic heterocycles. The van der Waals surface area contributed by atoms with E-state index in [1.54, 1.807) is 12.1 Å². The molecule has 0 aliphatic carbocycles. The van der Waals surface area contributed by atoms with Crippen LogP contribution in [-0.2, 0) is 16.5 Å². The molecule has 8 heteroatoms. The molecule has 122 valence electrons. The molecular weight excluding hydrogens is 321 g/mol. The van der Waals surface area contributed by atoms with Crippen LogP contribution in [0.15, 0.2) is 28.9 Å². The van der Waals surface area contributed by atoms with Crippen LogP contribution >= 0.6 is 0 Å². The van der Waals surface area contributed by atoms with Crippen LogP contribution in [0, 0.1) is 0 Å². The number of hydrogen-bond acceptors (Lipinski definition) is 4. The number of aryl methyl sites for hydroxylation is 1. The molecule has 0 atom stereocenters. The van der Waals surface area contributed by atoms with Crippen molar-refractivity contribution in [2.45, 2.75) is 38.1 Å². The molecule has 2 aromatic rings. The number of fused-ring (bicyclic) bond motifs is 1. The van der Waals surface area contributed by atoms with Gasteiger partial charge in [0.15, 0.2) is 11.3 Å². The highest BCUT2D eigenvalue weighted by molar-refractivity contribution is 7.88. The first-order valence-corrected chi connectivity index (χ1v) is 8.16. The quantitative estimate of drug-likeness (QED) is 0.446. The Morgan fingerprint density at radius 1 is 1.23 bits per heavy atom. The Kier molecular flexibility index (Phi) is 4.69. The summed E-state index contributed by atoms with van der Waals surface area (Å²) in [5, 5.41) is 0.501. The summed E-state index contributed by atoms with van der Waals surface area (Å²) in [7, 11) is -5.72. The van der Waals surface area contributed by atoms with Crippen molar-refractivity contribution in [2.75, 3.05) is 0 Å². The predicted octanol–water partition coefficient (Wildman–Crippen LogP) is 4.39. The predicted molar refractivity (Wildman–Crippen MR) is 75.0 cm³/mol. The molecule has 0 radical (unpaired) electrons. The number of hydrogen-bond donors (Lipinski definition) is 0. The lowest BCUT2D eigenvalue weighted by molar-refractivity contribution is -0.0499. The summed E-state index contributed by atoms with van der Waals surface area (Å²) in [5.41, 5.74) is -4.80. The minimum absolute atomic E-state index is 0.0212. The second kappa shape index (κ2) is 6.20. The maximum atomic E-state index is 12.5. The molecule has 0 spiro atoms.